The van der Waals surface area contributed by atoms with Gasteiger partial charge >= 0.3 is 0 Å². The fourth-order valence-corrected chi connectivity index (χ4v) is 3.99. The van der Waals surface area contributed by atoms with Crippen molar-refractivity contribution in [3.05, 3.63) is 58.7 Å². The van der Waals surface area contributed by atoms with Crippen LogP contribution in [0.2, 0.25) is 0 Å². The van der Waals surface area contributed by atoms with Gasteiger partial charge in [0.15, 0.2) is 0 Å². The molecule has 0 bridgehead atoms. The van der Waals surface area contributed by atoms with Crippen LogP contribution in [0.5, 0.6) is 5.75 Å². The van der Waals surface area contributed by atoms with E-state index in [0.29, 0.717) is 17.2 Å². The highest BCUT2D eigenvalue weighted by Gasteiger charge is 2.18. The SMILES string of the molecule is COc1ccc(S(=O)(=O)NCCCc2ccc(C)cc2)c(C)c1C. The molecular weight excluding hydrogens is 322 g/mol. The van der Waals surface area contributed by atoms with E-state index in [0.717, 1.165) is 24.0 Å². The third-order valence-electron chi connectivity index (χ3n) is 4.25. The van der Waals surface area contributed by atoms with Crippen molar-refractivity contribution < 1.29 is 13.2 Å². The van der Waals surface area contributed by atoms with Crippen LogP contribution in [0.3, 0.4) is 0 Å². The van der Waals surface area contributed by atoms with Gasteiger partial charge in [-0.05, 0) is 62.4 Å². The summed E-state index contributed by atoms with van der Waals surface area (Å²) in [5.74, 6) is 0.700. The van der Waals surface area contributed by atoms with Crippen molar-refractivity contribution in [2.75, 3.05) is 13.7 Å². The van der Waals surface area contributed by atoms with Gasteiger partial charge in [-0.25, -0.2) is 13.1 Å². The van der Waals surface area contributed by atoms with Crippen LogP contribution in [0.25, 0.3) is 0 Å². The van der Waals surface area contributed by atoms with Gasteiger partial charge in [0.1, 0.15) is 5.75 Å². The molecule has 0 aliphatic rings. The molecule has 0 aromatic heterocycles. The van der Waals surface area contributed by atoms with E-state index in [1.165, 1.54) is 11.1 Å². The van der Waals surface area contributed by atoms with Crippen LogP contribution in [-0.2, 0) is 16.4 Å². The average molecular weight is 347 g/mol. The van der Waals surface area contributed by atoms with E-state index in [1.807, 2.05) is 6.92 Å². The maximum Gasteiger partial charge on any atom is 0.240 e. The largest absolute Gasteiger partial charge is 0.496 e. The van der Waals surface area contributed by atoms with Gasteiger partial charge in [-0.2, -0.15) is 0 Å². The maximum absolute atomic E-state index is 12.5. The fraction of sp³-hybridized carbons (Fsp3) is 0.368. The van der Waals surface area contributed by atoms with E-state index in [2.05, 4.69) is 35.9 Å². The quantitative estimate of drug-likeness (QED) is 0.780. The average Bonchev–Trinajstić information content (AvgIpc) is 2.55. The van der Waals surface area contributed by atoms with Crippen molar-refractivity contribution in [2.45, 2.75) is 38.5 Å². The third-order valence-corrected chi connectivity index (χ3v) is 5.86. The molecular formula is C19H25NO3S. The Morgan fingerprint density at radius 2 is 1.62 bits per heavy atom. The lowest BCUT2D eigenvalue weighted by molar-refractivity contribution is 0.410. The van der Waals surface area contributed by atoms with Gasteiger partial charge in [-0.15, -0.1) is 0 Å². The maximum atomic E-state index is 12.5. The second kappa shape index (κ2) is 7.81. The normalized spacial score (nSPS) is 11.5. The number of methoxy groups -OCH3 is 1. The highest BCUT2D eigenvalue weighted by atomic mass is 32.2. The van der Waals surface area contributed by atoms with Crippen LogP contribution in [0, 0.1) is 20.8 Å². The molecule has 0 spiro atoms. The van der Waals surface area contributed by atoms with Crippen molar-refractivity contribution in [3.63, 3.8) is 0 Å². The smallest absolute Gasteiger partial charge is 0.240 e. The molecule has 2 aromatic carbocycles. The summed E-state index contributed by atoms with van der Waals surface area (Å²) in [6.45, 7) is 6.14. The molecule has 0 saturated heterocycles. The lowest BCUT2D eigenvalue weighted by Crippen LogP contribution is -2.26. The number of hydrogen-bond donors (Lipinski definition) is 1. The highest BCUT2D eigenvalue weighted by molar-refractivity contribution is 7.89. The van der Waals surface area contributed by atoms with Crippen LogP contribution < -0.4 is 9.46 Å². The van der Waals surface area contributed by atoms with Gasteiger partial charge in [0.2, 0.25) is 10.0 Å². The van der Waals surface area contributed by atoms with Crippen molar-refractivity contribution in [1.29, 1.82) is 0 Å². The Labute approximate surface area is 144 Å². The molecule has 5 heteroatoms. The number of hydrogen-bond acceptors (Lipinski definition) is 3. The second-order valence-corrected chi connectivity index (χ2v) is 7.74. The van der Waals surface area contributed by atoms with Crippen molar-refractivity contribution in [3.8, 4) is 5.75 Å². The minimum absolute atomic E-state index is 0.316. The minimum Gasteiger partial charge on any atom is -0.496 e. The Morgan fingerprint density at radius 1 is 0.958 bits per heavy atom. The zero-order valence-corrected chi connectivity index (χ0v) is 15.5. The molecule has 0 amide bonds. The van der Waals surface area contributed by atoms with Crippen LogP contribution in [0.4, 0.5) is 0 Å². The van der Waals surface area contributed by atoms with E-state index in [1.54, 1.807) is 26.2 Å². The van der Waals surface area contributed by atoms with E-state index in [4.69, 9.17) is 4.74 Å². The summed E-state index contributed by atoms with van der Waals surface area (Å²) in [5, 5.41) is 0. The number of benzene rings is 2. The summed E-state index contributed by atoms with van der Waals surface area (Å²) in [6, 6.07) is 11.6. The first kappa shape index (κ1) is 18.5. The molecule has 2 rings (SSSR count). The zero-order chi connectivity index (χ0) is 17.7. The number of ether oxygens (including phenoxy) is 1. The van der Waals surface area contributed by atoms with Crippen molar-refractivity contribution in [1.82, 2.24) is 4.72 Å². The molecule has 24 heavy (non-hydrogen) atoms. The lowest BCUT2D eigenvalue weighted by Gasteiger charge is -2.13. The summed E-state index contributed by atoms with van der Waals surface area (Å²) < 4.78 is 32.9. The summed E-state index contributed by atoms with van der Waals surface area (Å²) in [5.41, 5.74) is 4.02. The molecule has 4 nitrogen and oxygen atoms in total. The van der Waals surface area contributed by atoms with E-state index >= 15 is 0 Å². The zero-order valence-electron chi connectivity index (χ0n) is 14.7. The van der Waals surface area contributed by atoms with Gasteiger partial charge in [-0.1, -0.05) is 29.8 Å². The van der Waals surface area contributed by atoms with Crippen LogP contribution >= 0.6 is 0 Å². The Bertz CT molecular complexity index is 796. The summed E-state index contributed by atoms with van der Waals surface area (Å²) in [4.78, 5) is 0.316. The fourth-order valence-electron chi connectivity index (χ4n) is 2.61. The van der Waals surface area contributed by atoms with Crippen molar-refractivity contribution >= 4 is 10.0 Å². The first-order valence-electron chi connectivity index (χ1n) is 8.04. The highest BCUT2D eigenvalue weighted by Crippen LogP contribution is 2.26. The topological polar surface area (TPSA) is 55.4 Å². The summed E-state index contributed by atoms with van der Waals surface area (Å²) in [6.07, 6.45) is 1.61. The molecule has 0 aliphatic carbocycles. The molecule has 0 unspecified atom stereocenters. The molecule has 0 heterocycles. The molecule has 0 radical (unpaired) electrons. The molecule has 0 fully saturated rings. The second-order valence-electron chi connectivity index (χ2n) is 6.00. The van der Waals surface area contributed by atoms with E-state index in [-0.39, 0.29) is 0 Å². The number of sulfonamides is 1. The molecule has 1 N–H and O–H groups in total. The molecule has 0 saturated carbocycles. The monoisotopic (exact) mass is 347 g/mol. The van der Waals surface area contributed by atoms with Gasteiger partial charge in [0, 0.05) is 6.54 Å². The minimum atomic E-state index is -3.51. The Kier molecular flexibility index (Phi) is 6.02. The first-order chi connectivity index (χ1) is 11.3. The van der Waals surface area contributed by atoms with Crippen LogP contribution in [0.1, 0.15) is 28.7 Å². The number of rotatable bonds is 7. The Hall–Kier alpha value is -1.85. The molecule has 130 valence electrons. The van der Waals surface area contributed by atoms with E-state index in [9.17, 15) is 8.42 Å². The lowest BCUT2D eigenvalue weighted by atomic mass is 10.1. The summed E-state index contributed by atoms with van der Waals surface area (Å²) >= 11 is 0. The van der Waals surface area contributed by atoms with Gasteiger partial charge in [-0.3, -0.25) is 0 Å². The Balaban J connectivity index is 1.99. The first-order valence-corrected chi connectivity index (χ1v) is 9.53. The van der Waals surface area contributed by atoms with Crippen LogP contribution in [-0.4, -0.2) is 22.1 Å². The van der Waals surface area contributed by atoms with E-state index < -0.39 is 10.0 Å². The van der Waals surface area contributed by atoms with Crippen LogP contribution in [0.15, 0.2) is 41.3 Å². The predicted octanol–water partition coefficient (Wildman–Crippen LogP) is 3.53. The van der Waals surface area contributed by atoms with Gasteiger partial charge in [0.05, 0.1) is 12.0 Å². The molecule has 0 aliphatic heterocycles. The van der Waals surface area contributed by atoms with Crippen molar-refractivity contribution in [2.24, 2.45) is 0 Å². The predicted molar refractivity (Wildman–Crippen MR) is 97.2 cm³/mol. The molecule has 0 atom stereocenters. The number of aryl methyl sites for hydroxylation is 2. The third kappa shape index (κ3) is 4.36. The van der Waals surface area contributed by atoms with Gasteiger partial charge in [0.25, 0.3) is 0 Å². The number of nitrogens with one attached hydrogen (secondary N) is 1. The Morgan fingerprint density at radius 3 is 2.25 bits per heavy atom. The standard InChI is InChI=1S/C19H25NO3S/c1-14-7-9-17(10-8-14)6-5-13-20-24(21,22)19-12-11-18(23-4)15(2)16(19)3/h7-12,20H,5-6,13H2,1-4H3. The molecule has 2 aromatic rings. The summed E-state index contributed by atoms with van der Waals surface area (Å²) in [7, 11) is -1.92. The van der Waals surface area contributed by atoms with Gasteiger partial charge < -0.3 is 4.74 Å².